The van der Waals surface area contributed by atoms with Gasteiger partial charge in [0.1, 0.15) is 17.6 Å². The molecule has 0 aliphatic carbocycles. The van der Waals surface area contributed by atoms with E-state index in [-0.39, 0.29) is 12.5 Å². The highest BCUT2D eigenvalue weighted by Gasteiger charge is 2.23. The Labute approximate surface area is 147 Å². The molecule has 0 saturated heterocycles. The van der Waals surface area contributed by atoms with Crippen molar-refractivity contribution in [1.82, 2.24) is 5.32 Å². The first kappa shape index (κ1) is 17.0. The summed E-state index contributed by atoms with van der Waals surface area (Å²) in [5.74, 6) is 0.605. The summed E-state index contributed by atoms with van der Waals surface area (Å²) in [4.78, 5) is 12.8. The van der Waals surface area contributed by atoms with Crippen LogP contribution in [0.25, 0.3) is 0 Å². The lowest BCUT2D eigenvalue weighted by Gasteiger charge is -2.19. The lowest BCUT2D eigenvalue weighted by molar-refractivity contribution is -0.122. The highest BCUT2D eigenvalue weighted by molar-refractivity contribution is 5.87. The molecule has 4 nitrogen and oxygen atoms in total. The van der Waals surface area contributed by atoms with Crippen LogP contribution in [0.1, 0.15) is 34.7 Å². The van der Waals surface area contributed by atoms with Gasteiger partial charge in [-0.2, -0.15) is 0 Å². The molecule has 128 valence electrons. The highest BCUT2D eigenvalue weighted by atomic mass is 16.4. The molecule has 1 unspecified atom stereocenters. The first-order valence-corrected chi connectivity index (χ1v) is 8.27. The average Bonchev–Trinajstić information content (AvgIpc) is 3.08. The van der Waals surface area contributed by atoms with Gasteiger partial charge < -0.3 is 14.8 Å². The summed E-state index contributed by atoms with van der Waals surface area (Å²) in [5, 5.41) is 13.0. The minimum atomic E-state index is -0.871. The van der Waals surface area contributed by atoms with Crippen molar-refractivity contribution in [3.63, 3.8) is 0 Å². The first-order chi connectivity index (χ1) is 12.1. The van der Waals surface area contributed by atoms with Gasteiger partial charge in [0.05, 0.1) is 12.5 Å². The Balaban J connectivity index is 1.76. The number of aryl methyl sites for hydroxylation is 1. The maximum atomic E-state index is 12.8. The number of rotatable bonds is 6. The van der Waals surface area contributed by atoms with E-state index < -0.39 is 12.0 Å². The predicted molar refractivity (Wildman–Crippen MR) is 96.1 cm³/mol. The second-order valence-corrected chi connectivity index (χ2v) is 5.96. The molecule has 0 saturated carbocycles. The molecule has 2 aromatic carbocycles. The number of benzene rings is 2. The molecule has 25 heavy (non-hydrogen) atoms. The van der Waals surface area contributed by atoms with Crippen LogP contribution in [-0.4, -0.2) is 17.6 Å². The second kappa shape index (κ2) is 7.81. The van der Waals surface area contributed by atoms with Crippen LogP contribution in [0.5, 0.6) is 0 Å². The monoisotopic (exact) mass is 335 g/mol. The van der Waals surface area contributed by atoms with E-state index in [1.807, 2.05) is 67.6 Å². The SMILES string of the molecule is Cc1ccc(C(O)CNC(=O)C(c2ccccc2)c2ccccc2)o1. The molecule has 0 spiro atoms. The fourth-order valence-corrected chi connectivity index (χ4v) is 2.82. The molecule has 4 heteroatoms. The summed E-state index contributed by atoms with van der Waals surface area (Å²) < 4.78 is 5.41. The zero-order chi connectivity index (χ0) is 17.6. The van der Waals surface area contributed by atoms with Crippen LogP contribution in [0.4, 0.5) is 0 Å². The number of carbonyl (C=O) groups is 1. The van der Waals surface area contributed by atoms with E-state index in [1.54, 1.807) is 12.1 Å². The second-order valence-electron chi connectivity index (χ2n) is 5.96. The standard InChI is InChI=1S/C21H21NO3/c1-15-12-13-19(25-15)18(23)14-22-21(24)20(16-8-4-2-5-9-16)17-10-6-3-7-11-17/h2-13,18,20,23H,14H2,1H3,(H,22,24). The Bertz CT molecular complexity index is 772. The molecule has 2 N–H and O–H groups in total. The van der Waals surface area contributed by atoms with Crippen LogP contribution in [0.2, 0.25) is 0 Å². The van der Waals surface area contributed by atoms with Crippen LogP contribution in [0.15, 0.2) is 77.2 Å². The normalized spacial score (nSPS) is 12.1. The Morgan fingerprint density at radius 1 is 0.960 bits per heavy atom. The van der Waals surface area contributed by atoms with Crippen molar-refractivity contribution in [2.75, 3.05) is 6.54 Å². The van der Waals surface area contributed by atoms with Gasteiger partial charge in [0, 0.05) is 0 Å². The first-order valence-electron chi connectivity index (χ1n) is 8.27. The number of hydrogen-bond donors (Lipinski definition) is 2. The summed E-state index contributed by atoms with van der Waals surface area (Å²) in [6.45, 7) is 1.91. The van der Waals surface area contributed by atoms with Gasteiger partial charge in [-0.25, -0.2) is 0 Å². The summed E-state index contributed by atoms with van der Waals surface area (Å²) in [5.41, 5.74) is 1.82. The number of carbonyl (C=O) groups excluding carboxylic acids is 1. The van der Waals surface area contributed by atoms with E-state index in [0.29, 0.717) is 5.76 Å². The van der Waals surface area contributed by atoms with Gasteiger partial charge in [0.2, 0.25) is 5.91 Å². The van der Waals surface area contributed by atoms with Gasteiger partial charge in [-0.3, -0.25) is 4.79 Å². The molecular formula is C21H21NO3. The fraction of sp³-hybridized carbons (Fsp3) is 0.190. The summed E-state index contributed by atoms with van der Waals surface area (Å²) in [7, 11) is 0. The molecule has 0 aliphatic rings. The number of hydrogen-bond acceptors (Lipinski definition) is 3. The molecule has 0 aliphatic heterocycles. The maximum absolute atomic E-state index is 12.8. The minimum absolute atomic E-state index is 0.0992. The van der Waals surface area contributed by atoms with E-state index in [4.69, 9.17) is 4.42 Å². The summed E-state index contributed by atoms with van der Waals surface area (Å²) in [6, 6.07) is 22.8. The Morgan fingerprint density at radius 3 is 2.00 bits per heavy atom. The van der Waals surface area contributed by atoms with E-state index in [0.717, 1.165) is 16.9 Å². The molecular weight excluding hydrogens is 314 g/mol. The van der Waals surface area contributed by atoms with Gasteiger partial charge in [-0.1, -0.05) is 60.7 Å². The van der Waals surface area contributed by atoms with Gasteiger partial charge in [0.15, 0.2) is 0 Å². The Hall–Kier alpha value is -2.85. The van der Waals surface area contributed by atoms with Crippen LogP contribution in [-0.2, 0) is 4.79 Å². The maximum Gasteiger partial charge on any atom is 0.232 e. The van der Waals surface area contributed by atoms with E-state index in [1.165, 1.54) is 0 Å². The molecule has 3 rings (SSSR count). The van der Waals surface area contributed by atoms with Crippen molar-refractivity contribution in [3.05, 3.63) is 95.4 Å². The number of nitrogens with one attached hydrogen (secondary N) is 1. The lowest BCUT2D eigenvalue weighted by atomic mass is 9.90. The topological polar surface area (TPSA) is 62.5 Å². The highest BCUT2D eigenvalue weighted by Crippen LogP contribution is 2.25. The predicted octanol–water partition coefficient (Wildman–Crippen LogP) is 3.57. The van der Waals surface area contributed by atoms with Gasteiger partial charge in [-0.05, 0) is 30.2 Å². The van der Waals surface area contributed by atoms with Gasteiger partial charge in [-0.15, -0.1) is 0 Å². The third-order valence-electron chi connectivity index (χ3n) is 4.09. The van der Waals surface area contributed by atoms with E-state index in [2.05, 4.69) is 5.32 Å². The number of furan rings is 1. The van der Waals surface area contributed by atoms with E-state index >= 15 is 0 Å². The van der Waals surface area contributed by atoms with E-state index in [9.17, 15) is 9.90 Å². The lowest BCUT2D eigenvalue weighted by Crippen LogP contribution is -2.33. The molecule has 1 heterocycles. The third-order valence-corrected chi connectivity index (χ3v) is 4.09. The molecule has 0 bridgehead atoms. The Morgan fingerprint density at radius 2 is 1.52 bits per heavy atom. The number of aliphatic hydroxyl groups excluding tert-OH is 1. The molecule has 1 aromatic heterocycles. The third kappa shape index (κ3) is 4.17. The quantitative estimate of drug-likeness (QED) is 0.724. The minimum Gasteiger partial charge on any atom is -0.464 e. The van der Waals surface area contributed by atoms with Crippen molar-refractivity contribution in [3.8, 4) is 0 Å². The van der Waals surface area contributed by atoms with Crippen LogP contribution >= 0.6 is 0 Å². The summed E-state index contributed by atoms with van der Waals surface area (Å²) in [6.07, 6.45) is -0.871. The largest absolute Gasteiger partial charge is 0.464 e. The van der Waals surface area contributed by atoms with Crippen LogP contribution in [0.3, 0.4) is 0 Å². The summed E-state index contributed by atoms with van der Waals surface area (Å²) >= 11 is 0. The molecule has 3 aromatic rings. The van der Waals surface area contributed by atoms with Gasteiger partial charge >= 0.3 is 0 Å². The van der Waals surface area contributed by atoms with Crippen LogP contribution < -0.4 is 5.32 Å². The number of aliphatic hydroxyl groups is 1. The smallest absolute Gasteiger partial charge is 0.232 e. The van der Waals surface area contributed by atoms with Crippen LogP contribution in [0, 0.1) is 6.92 Å². The average molecular weight is 335 g/mol. The molecule has 0 radical (unpaired) electrons. The number of amides is 1. The van der Waals surface area contributed by atoms with Crippen molar-refractivity contribution in [2.24, 2.45) is 0 Å². The zero-order valence-corrected chi connectivity index (χ0v) is 14.1. The van der Waals surface area contributed by atoms with Crippen molar-refractivity contribution in [1.29, 1.82) is 0 Å². The van der Waals surface area contributed by atoms with Crippen molar-refractivity contribution >= 4 is 5.91 Å². The van der Waals surface area contributed by atoms with Gasteiger partial charge in [0.25, 0.3) is 0 Å². The fourth-order valence-electron chi connectivity index (χ4n) is 2.82. The molecule has 1 amide bonds. The van der Waals surface area contributed by atoms with Crippen molar-refractivity contribution < 1.29 is 14.3 Å². The molecule has 1 atom stereocenters. The zero-order valence-electron chi connectivity index (χ0n) is 14.1. The Kier molecular flexibility index (Phi) is 5.31. The molecule has 0 fully saturated rings. The van der Waals surface area contributed by atoms with Crippen molar-refractivity contribution in [2.45, 2.75) is 18.9 Å².